The van der Waals surface area contributed by atoms with Crippen LogP contribution in [0.25, 0.3) is 0 Å². The summed E-state index contributed by atoms with van der Waals surface area (Å²) in [4.78, 5) is 0. The molecule has 0 aromatic rings. The monoisotopic (exact) mass is 132 g/mol. The smallest absolute Gasteiger partial charge is 0.176 e. The van der Waals surface area contributed by atoms with Crippen LogP contribution in [0.15, 0.2) is 12.2 Å². The largest absolute Gasteiger partial charge is 0.392 e. The van der Waals surface area contributed by atoms with E-state index in [1.165, 1.54) is 14.2 Å². The van der Waals surface area contributed by atoms with Gasteiger partial charge in [-0.3, -0.25) is 0 Å². The average molecular weight is 132 g/mol. The van der Waals surface area contributed by atoms with E-state index in [9.17, 15) is 0 Å². The van der Waals surface area contributed by atoms with Crippen molar-refractivity contribution in [2.45, 2.75) is 6.29 Å². The van der Waals surface area contributed by atoms with Crippen LogP contribution in [-0.4, -0.2) is 32.2 Å². The summed E-state index contributed by atoms with van der Waals surface area (Å²) in [5.74, 6) is 0. The van der Waals surface area contributed by atoms with E-state index in [1.807, 2.05) is 0 Å². The molecule has 3 heteroatoms. The molecular weight excluding hydrogens is 120 g/mol. The fourth-order valence-corrected chi connectivity index (χ4v) is 0.425. The second kappa shape index (κ2) is 5.75. The van der Waals surface area contributed by atoms with Crippen LogP contribution >= 0.6 is 0 Å². The number of aliphatic hydroxyl groups excluding tert-OH is 1. The lowest BCUT2D eigenvalue weighted by molar-refractivity contribution is -0.0668. The van der Waals surface area contributed by atoms with Crippen molar-refractivity contribution < 1.29 is 14.6 Å². The van der Waals surface area contributed by atoms with Gasteiger partial charge in [-0.25, -0.2) is 0 Å². The molecule has 0 fully saturated rings. The first kappa shape index (κ1) is 8.62. The Hall–Kier alpha value is -0.380. The third-order valence-corrected chi connectivity index (χ3v) is 0.863. The zero-order valence-electron chi connectivity index (χ0n) is 5.70. The van der Waals surface area contributed by atoms with Gasteiger partial charge in [-0.15, -0.1) is 0 Å². The average Bonchev–Trinajstić information content (AvgIpc) is 1.91. The Morgan fingerprint density at radius 2 is 2.00 bits per heavy atom. The SMILES string of the molecule is COC(/C=C/CO)OC. The maximum Gasteiger partial charge on any atom is 0.176 e. The highest BCUT2D eigenvalue weighted by Crippen LogP contribution is 1.90. The van der Waals surface area contributed by atoms with E-state index < -0.39 is 0 Å². The first-order valence-electron chi connectivity index (χ1n) is 2.68. The van der Waals surface area contributed by atoms with E-state index >= 15 is 0 Å². The highest BCUT2D eigenvalue weighted by atomic mass is 16.7. The first-order chi connectivity index (χ1) is 4.35. The predicted octanol–water partition coefficient (Wildman–Crippen LogP) is 0.154. The van der Waals surface area contributed by atoms with Crippen LogP contribution in [0.4, 0.5) is 0 Å². The second-order valence-corrected chi connectivity index (χ2v) is 1.45. The summed E-state index contributed by atoms with van der Waals surface area (Å²) in [5, 5.41) is 8.31. The highest BCUT2D eigenvalue weighted by Gasteiger charge is 1.94. The van der Waals surface area contributed by atoms with Crippen LogP contribution < -0.4 is 0 Å². The minimum atomic E-state index is -0.336. The van der Waals surface area contributed by atoms with Gasteiger partial charge in [0.05, 0.1) is 6.61 Å². The summed E-state index contributed by atoms with van der Waals surface area (Å²) >= 11 is 0. The van der Waals surface area contributed by atoms with Crippen LogP contribution in [0.2, 0.25) is 0 Å². The van der Waals surface area contributed by atoms with Gasteiger partial charge in [-0.2, -0.15) is 0 Å². The fraction of sp³-hybridized carbons (Fsp3) is 0.667. The van der Waals surface area contributed by atoms with Gasteiger partial charge in [-0.05, 0) is 6.08 Å². The molecule has 0 heterocycles. The summed E-state index contributed by atoms with van der Waals surface area (Å²) in [5.41, 5.74) is 0. The Kier molecular flexibility index (Phi) is 5.51. The molecule has 0 bridgehead atoms. The van der Waals surface area contributed by atoms with Crippen molar-refractivity contribution >= 4 is 0 Å². The minimum absolute atomic E-state index is 0.0171. The quantitative estimate of drug-likeness (QED) is 0.437. The lowest BCUT2D eigenvalue weighted by Gasteiger charge is -2.06. The molecule has 0 saturated carbocycles. The summed E-state index contributed by atoms with van der Waals surface area (Å²) < 4.78 is 9.56. The molecule has 0 aliphatic carbocycles. The molecule has 0 atom stereocenters. The molecule has 54 valence electrons. The number of hydrogen-bond donors (Lipinski definition) is 1. The Labute approximate surface area is 54.9 Å². The molecular formula is C6H12O3. The fourth-order valence-electron chi connectivity index (χ4n) is 0.425. The van der Waals surface area contributed by atoms with Crippen LogP contribution in [0.1, 0.15) is 0 Å². The van der Waals surface area contributed by atoms with Gasteiger partial charge in [0.15, 0.2) is 6.29 Å². The lowest BCUT2D eigenvalue weighted by Crippen LogP contribution is -2.08. The van der Waals surface area contributed by atoms with Crippen LogP contribution in [-0.2, 0) is 9.47 Å². The minimum Gasteiger partial charge on any atom is -0.392 e. The van der Waals surface area contributed by atoms with Gasteiger partial charge >= 0.3 is 0 Å². The van der Waals surface area contributed by atoms with E-state index in [0.29, 0.717) is 0 Å². The van der Waals surface area contributed by atoms with E-state index in [2.05, 4.69) is 0 Å². The van der Waals surface area contributed by atoms with E-state index in [-0.39, 0.29) is 12.9 Å². The van der Waals surface area contributed by atoms with Crippen molar-refractivity contribution in [1.29, 1.82) is 0 Å². The topological polar surface area (TPSA) is 38.7 Å². The number of rotatable bonds is 4. The maximum atomic E-state index is 8.31. The van der Waals surface area contributed by atoms with E-state index in [0.717, 1.165) is 0 Å². The molecule has 1 N–H and O–H groups in total. The van der Waals surface area contributed by atoms with Crippen LogP contribution in [0, 0.1) is 0 Å². The Bertz CT molecular complexity index is 76.4. The van der Waals surface area contributed by atoms with E-state index in [4.69, 9.17) is 14.6 Å². The molecule has 0 aromatic heterocycles. The predicted molar refractivity (Wildman–Crippen MR) is 34.0 cm³/mol. The zero-order chi connectivity index (χ0) is 7.11. The van der Waals surface area contributed by atoms with Crippen molar-refractivity contribution in [3.63, 3.8) is 0 Å². The standard InChI is InChI=1S/C6H12O3/c1-8-6(9-2)4-3-5-7/h3-4,6-7H,5H2,1-2H3/b4-3+. The molecule has 0 unspecified atom stereocenters. The van der Waals surface area contributed by atoms with Gasteiger partial charge in [0.1, 0.15) is 0 Å². The van der Waals surface area contributed by atoms with Gasteiger partial charge in [0.25, 0.3) is 0 Å². The molecule has 0 saturated heterocycles. The molecule has 3 nitrogen and oxygen atoms in total. The summed E-state index contributed by atoms with van der Waals surface area (Å²) in [6.45, 7) is 0.0171. The van der Waals surface area contributed by atoms with Gasteiger partial charge in [-0.1, -0.05) is 6.08 Å². The third-order valence-electron chi connectivity index (χ3n) is 0.863. The number of ether oxygens (including phenoxy) is 2. The van der Waals surface area contributed by atoms with Gasteiger partial charge in [0.2, 0.25) is 0 Å². The molecule has 0 spiro atoms. The molecule has 0 rings (SSSR count). The molecule has 0 aromatic carbocycles. The molecule has 0 aliphatic rings. The second-order valence-electron chi connectivity index (χ2n) is 1.45. The van der Waals surface area contributed by atoms with Gasteiger partial charge < -0.3 is 14.6 Å². The van der Waals surface area contributed by atoms with E-state index in [1.54, 1.807) is 12.2 Å². The molecule has 0 radical (unpaired) electrons. The van der Waals surface area contributed by atoms with Gasteiger partial charge in [0, 0.05) is 14.2 Å². The summed E-state index contributed by atoms with van der Waals surface area (Å²) in [6.07, 6.45) is 2.87. The van der Waals surface area contributed by atoms with Crippen molar-refractivity contribution in [3.8, 4) is 0 Å². The summed E-state index contributed by atoms with van der Waals surface area (Å²) in [6, 6.07) is 0. The van der Waals surface area contributed by atoms with Crippen molar-refractivity contribution in [2.75, 3.05) is 20.8 Å². The number of aliphatic hydroxyl groups is 1. The highest BCUT2D eigenvalue weighted by molar-refractivity contribution is 4.83. The molecule has 0 amide bonds. The Balaban J connectivity index is 3.41. The van der Waals surface area contributed by atoms with Crippen LogP contribution in [0.3, 0.4) is 0 Å². The maximum absolute atomic E-state index is 8.31. The van der Waals surface area contributed by atoms with Crippen molar-refractivity contribution in [1.82, 2.24) is 0 Å². The van der Waals surface area contributed by atoms with Crippen molar-refractivity contribution in [3.05, 3.63) is 12.2 Å². The van der Waals surface area contributed by atoms with Crippen LogP contribution in [0.5, 0.6) is 0 Å². The lowest BCUT2D eigenvalue weighted by atomic mass is 10.5. The Morgan fingerprint density at radius 1 is 1.44 bits per heavy atom. The number of methoxy groups -OCH3 is 2. The normalized spacial score (nSPS) is 11.6. The molecule has 9 heavy (non-hydrogen) atoms. The third kappa shape index (κ3) is 4.14. The number of hydrogen-bond acceptors (Lipinski definition) is 3. The first-order valence-corrected chi connectivity index (χ1v) is 2.68. The molecule has 0 aliphatic heterocycles. The Morgan fingerprint density at radius 3 is 2.33 bits per heavy atom. The summed E-state index contributed by atoms with van der Waals surface area (Å²) in [7, 11) is 3.08. The zero-order valence-corrected chi connectivity index (χ0v) is 5.70. The van der Waals surface area contributed by atoms with Crippen molar-refractivity contribution in [2.24, 2.45) is 0 Å².